The number of carbonyl (C=O) groups excluding carboxylic acids is 1. The van der Waals surface area contributed by atoms with Crippen molar-refractivity contribution in [3.05, 3.63) is 40.8 Å². The highest BCUT2D eigenvalue weighted by molar-refractivity contribution is 7.94. The summed E-state index contributed by atoms with van der Waals surface area (Å²) in [5.74, 6) is 0.524. The number of hydrogen-bond donors (Lipinski definition) is 0. The average Bonchev–Trinajstić information content (AvgIpc) is 2.94. The van der Waals surface area contributed by atoms with Crippen molar-refractivity contribution in [1.29, 1.82) is 0 Å². The van der Waals surface area contributed by atoms with Crippen LogP contribution in [0.25, 0.3) is 0 Å². The molecule has 0 spiro atoms. The summed E-state index contributed by atoms with van der Waals surface area (Å²) in [6.07, 6.45) is 9.12. The molecule has 0 aromatic heterocycles. The van der Waals surface area contributed by atoms with Gasteiger partial charge in [0, 0.05) is 22.5 Å². The average molecular weight is 382 g/mol. The molecule has 1 aliphatic heterocycles. The number of carbonyl (C=O) groups is 1. The van der Waals surface area contributed by atoms with E-state index in [1.165, 1.54) is 37.5 Å². The van der Waals surface area contributed by atoms with Gasteiger partial charge in [0.25, 0.3) is 0 Å². The van der Waals surface area contributed by atoms with Crippen molar-refractivity contribution in [1.82, 2.24) is 0 Å². The molecule has 0 N–H and O–H groups in total. The molecule has 1 amide bonds. The molecule has 2 aliphatic rings. The first-order valence-electron chi connectivity index (χ1n) is 8.93. The van der Waals surface area contributed by atoms with Crippen molar-refractivity contribution < 1.29 is 13.2 Å². The summed E-state index contributed by atoms with van der Waals surface area (Å²) in [5, 5.41) is 1.75. The normalized spacial score (nSPS) is 22.8. The fraction of sp³-hybridized carbons (Fsp3) is 0.526. The van der Waals surface area contributed by atoms with Gasteiger partial charge in [-0.1, -0.05) is 49.8 Å². The Morgan fingerprint density at radius 2 is 1.96 bits per heavy atom. The molecule has 1 atom stereocenters. The molecule has 3 rings (SSSR count). The van der Waals surface area contributed by atoms with Crippen LogP contribution in [0.3, 0.4) is 0 Å². The van der Waals surface area contributed by atoms with Crippen LogP contribution < -0.4 is 4.90 Å². The predicted molar refractivity (Wildman–Crippen MR) is 101 cm³/mol. The fourth-order valence-corrected chi connectivity index (χ4v) is 5.24. The van der Waals surface area contributed by atoms with E-state index in [-0.39, 0.29) is 11.7 Å². The third kappa shape index (κ3) is 4.85. The molecule has 4 nitrogen and oxygen atoms in total. The minimum Gasteiger partial charge on any atom is -0.304 e. The highest BCUT2D eigenvalue weighted by atomic mass is 35.5. The van der Waals surface area contributed by atoms with Gasteiger partial charge in [-0.2, -0.15) is 0 Å². The Balaban J connectivity index is 1.76. The first-order chi connectivity index (χ1) is 11.9. The maximum atomic E-state index is 12.9. The zero-order valence-corrected chi connectivity index (χ0v) is 15.8. The van der Waals surface area contributed by atoms with Gasteiger partial charge in [-0.25, -0.2) is 8.42 Å². The van der Waals surface area contributed by atoms with E-state index in [1.807, 2.05) is 6.07 Å². The van der Waals surface area contributed by atoms with E-state index >= 15 is 0 Å². The number of halogens is 1. The fourth-order valence-electron chi connectivity index (χ4n) is 3.79. The smallest absolute Gasteiger partial charge is 0.227 e. The molecule has 0 bridgehead atoms. The van der Waals surface area contributed by atoms with Crippen LogP contribution in [0.5, 0.6) is 0 Å². The first-order valence-corrected chi connectivity index (χ1v) is 11.0. The lowest BCUT2D eigenvalue weighted by Crippen LogP contribution is -2.41. The molecule has 25 heavy (non-hydrogen) atoms. The third-order valence-corrected chi connectivity index (χ3v) is 6.70. The van der Waals surface area contributed by atoms with Gasteiger partial charge in [-0.05, 0) is 36.6 Å². The number of amides is 1. The van der Waals surface area contributed by atoms with Crippen LogP contribution >= 0.6 is 11.6 Å². The van der Waals surface area contributed by atoms with Crippen molar-refractivity contribution in [3.63, 3.8) is 0 Å². The van der Waals surface area contributed by atoms with Crippen molar-refractivity contribution in [2.45, 2.75) is 51.0 Å². The Kier molecular flexibility index (Phi) is 5.85. The topological polar surface area (TPSA) is 54.5 Å². The SMILES string of the molecule is O=C(CCC1CCCCC1)N(c1cccc(Cl)c1)C1C=CS(=O)(=O)C1. The monoisotopic (exact) mass is 381 g/mol. The predicted octanol–water partition coefficient (Wildman–Crippen LogP) is 4.34. The highest BCUT2D eigenvalue weighted by Gasteiger charge is 2.31. The largest absolute Gasteiger partial charge is 0.304 e. The molecule has 136 valence electrons. The Morgan fingerprint density at radius 1 is 1.20 bits per heavy atom. The molecule has 1 fully saturated rings. The minimum atomic E-state index is -3.23. The van der Waals surface area contributed by atoms with Gasteiger partial charge in [0.2, 0.25) is 5.91 Å². The van der Waals surface area contributed by atoms with E-state index in [1.54, 1.807) is 29.2 Å². The molecule has 1 aliphatic carbocycles. The van der Waals surface area contributed by atoms with Crippen molar-refractivity contribution >= 4 is 33.0 Å². The van der Waals surface area contributed by atoms with Crippen molar-refractivity contribution in [2.24, 2.45) is 5.92 Å². The summed E-state index contributed by atoms with van der Waals surface area (Å²) in [6.45, 7) is 0. The quantitative estimate of drug-likeness (QED) is 0.762. The van der Waals surface area contributed by atoms with Gasteiger partial charge < -0.3 is 4.90 Å². The van der Waals surface area contributed by atoms with E-state index in [2.05, 4.69) is 0 Å². The van der Waals surface area contributed by atoms with Gasteiger partial charge in [-0.3, -0.25) is 4.79 Å². The number of benzene rings is 1. The summed E-state index contributed by atoms with van der Waals surface area (Å²) in [5.41, 5.74) is 0.660. The maximum Gasteiger partial charge on any atom is 0.227 e. The second-order valence-electron chi connectivity index (χ2n) is 7.01. The third-order valence-electron chi connectivity index (χ3n) is 5.09. The minimum absolute atomic E-state index is 0.0282. The molecule has 1 heterocycles. The van der Waals surface area contributed by atoms with Crippen molar-refractivity contribution in [3.8, 4) is 0 Å². The van der Waals surface area contributed by atoms with E-state index < -0.39 is 15.9 Å². The van der Waals surface area contributed by atoms with Crippen LogP contribution in [0.15, 0.2) is 35.7 Å². The zero-order chi connectivity index (χ0) is 17.9. The van der Waals surface area contributed by atoms with Crippen LogP contribution in [0.2, 0.25) is 5.02 Å². The molecule has 1 unspecified atom stereocenters. The lowest BCUT2D eigenvalue weighted by molar-refractivity contribution is -0.119. The Bertz CT molecular complexity index is 754. The van der Waals surface area contributed by atoms with Gasteiger partial charge in [0.1, 0.15) is 0 Å². The van der Waals surface area contributed by atoms with Gasteiger partial charge in [-0.15, -0.1) is 0 Å². The Morgan fingerprint density at radius 3 is 2.60 bits per heavy atom. The second kappa shape index (κ2) is 7.92. The molecular formula is C19H24ClNO3S. The Labute approximate surface area is 154 Å². The molecule has 1 saturated carbocycles. The number of anilines is 1. The second-order valence-corrected chi connectivity index (χ2v) is 9.38. The molecule has 0 saturated heterocycles. The standard InChI is InChI=1S/C19H24ClNO3S/c20-16-7-4-8-17(13-16)21(18-11-12-25(23,24)14-18)19(22)10-9-15-5-2-1-3-6-15/h4,7-8,11-13,15,18H,1-3,5-6,9-10,14H2. The molecule has 1 aromatic carbocycles. The first kappa shape index (κ1) is 18.5. The number of hydrogen-bond acceptors (Lipinski definition) is 3. The Hall–Kier alpha value is -1.33. The van der Waals surface area contributed by atoms with Crippen LogP contribution in [0.4, 0.5) is 5.69 Å². The molecule has 0 radical (unpaired) electrons. The van der Waals surface area contributed by atoms with Crippen molar-refractivity contribution in [2.75, 3.05) is 10.7 Å². The highest BCUT2D eigenvalue weighted by Crippen LogP contribution is 2.30. The van der Waals surface area contributed by atoms with E-state index in [0.29, 0.717) is 23.0 Å². The number of sulfone groups is 1. The summed E-state index contributed by atoms with van der Waals surface area (Å²) in [7, 11) is -3.23. The van der Waals surface area contributed by atoms with Gasteiger partial charge in [0.15, 0.2) is 9.84 Å². The summed E-state index contributed by atoms with van der Waals surface area (Å²) in [4.78, 5) is 14.6. The summed E-state index contributed by atoms with van der Waals surface area (Å²) in [6, 6.07) is 6.60. The van der Waals surface area contributed by atoms with E-state index in [4.69, 9.17) is 11.6 Å². The summed E-state index contributed by atoms with van der Waals surface area (Å²) < 4.78 is 23.6. The van der Waals surface area contributed by atoms with E-state index in [9.17, 15) is 13.2 Å². The van der Waals surface area contributed by atoms with Gasteiger partial charge >= 0.3 is 0 Å². The lowest BCUT2D eigenvalue weighted by Gasteiger charge is -2.29. The molecule has 1 aromatic rings. The maximum absolute atomic E-state index is 12.9. The van der Waals surface area contributed by atoms with Crippen LogP contribution in [-0.2, 0) is 14.6 Å². The van der Waals surface area contributed by atoms with Gasteiger partial charge in [0.05, 0.1) is 11.8 Å². The zero-order valence-electron chi connectivity index (χ0n) is 14.2. The number of rotatable bonds is 5. The van der Waals surface area contributed by atoms with E-state index in [0.717, 1.165) is 6.42 Å². The van der Waals surface area contributed by atoms with Crippen LogP contribution in [0.1, 0.15) is 44.9 Å². The number of nitrogens with zero attached hydrogens (tertiary/aromatic N) is 1. The molecule has 6 heteroatoms. The lowest BCUT2D eigenvalue weighted by atomic mass is 9.86. The van der Waals surface area contributed by atoms with Crippen LogP contribution in [-0.4, -0.2) is 26.1 Å². The van der Waals surface area contributed by atoms with Crippen LogP contribution in [0, 0.1) is 5.92 Å². The molecular weight excluding hydrogens is 358 g/mol. The summed E-state index contributed by atoms with van der Waals surface area (Å²) >= 11 is 6.08.